The van der Waals surface area contributed by atoms with Gasteiger partial charge in [0.15, 0.2) is 4.80 Å². The topological polar surface area (TPSA) is 60.7 Å². The molecule has 0 amide bonds. The molecule has 4 rings (SSSR count). The molecule has 1 atom stereocenters. The fourth-order valence-electron chi connectivity index (χ4n) is 3.33. The van der Waals surface area contributed by atoms with Gasteiger partial charge in [-0.2, -0.15) is 0 Å². The fourth-order valence-corrected chi connectivity index (χ4v) is 5.15. The normalized spacial score (nSPS) is 16.6. The van der Waals surface area contributed by atoms with Crippen molar-refractivity contribution in [3.05, 3.63) is 95.3 Å². The molecule has 0 spiro atoms. The summed E-state index contributed by atoms with van der Waals surface area (Å²) in [7, 11) is 0. The van der Waals surface area contributed by atoms with Crippen molar-refractivity contribution in [1.29, 1.82) is 0 Å². The van der Waals surface area contributed by atoms with Crippen molar-refractivity contribution in [1.82, 2.24) is 4.57 Å². The maximum Gasteiger partial charge on any atom is 0.338 e. The van der Waals surface area contributed by atoms with Crippen molar-refractivity contribution in [3.8, 4) is 0 Å². The molecule has 1 aliphatic heterocycles. The highest BCUT2D eigenvalue weighted by atomic mass is 32.1. The van der Waals surface area contributed by atoms with Gasteiger partial charge < -0.3 is 4.74 Å². The first-order valence-electron chi connectivity index (χ1n) is 9.55. The number of allylic oxidation sites excluding steroid dienone is 2. The molecule has 0 aliphatic carbocycles. The summed E-state index contributed by atoms with van der Waals surface area (Å²) in [6.45, 7) is 3.82. The summed E-state index contributed by atoms with van der Waals surface area (Å²) < 4.78 is 7.45. The van der Waals surface area contributed by atoms with E-state index in [1.807, 2.05) is 60.0 Å². The molecule has 152 valence electrons. The van der Waals surface area contributed by atoms with Crippen LogP contribution in [0, 0.1) is 0 Å². The third-order valence-electron chi connectivity index (χ3n) is 4.67. The van der Waals surface area contributed by atoms with Gasteiger partial charge in [-0.1, -0.05) is 59.9 Å². The molecule has 0 saturated carbocycles. The molecule has 0 N–H and O–H groups in total. The largest absolute Gasteiger partial charge is 0.463 e. The van der Waals surface area contributed by atoms with Crippen LogP contribution in [-0.2, 0) is 9.53 Å². The minimum absolute atomic E-state index is 0.163. The van der Waals surface area contributed by atoms with Crippen molar-refractivity contribution in [3.63, 3.8) is 0 Å². The molecule has 0 saturated heterocycles. The van der Waals surface area contributed by atoms with Gasteiger partial charge in [0.05, 0.1) is 22.4 Å². The van der Waals surface area contributed by atoms with E-state index in [2.05, 4.69) is 4.99 Å². The standard InChI is InChI=1S/C23H20N2O3S2/c1-3-28-22(27)19-15(2)24-23-25(20(19)17-13-8-14-29-17)21(26)18(30-23)12-7-11-16-9-5-4-6-10-16/h4-14,20H,3H2,1-2H3/b11-7+,18-12-. The Morgan fingerprint density at radius 2 is 2.03 bits per heavy atom. The van der Waals surface area contributed by atoms with Gasteiger partial charge >= 0.3 is 5.97 Å². The lowest BCUT2D eigenvalue weighted by molar-refractivity contribution is -0.139. The van der Waals surface area contributed by atoms with E-state index in [1.165, 1.54) is 22.7 Å². The summed E-state index contributed by atoms with van der Waals surface area (Å²) >= 11 is 2.83. The summed E-state index contributed by atoms with van der Waals surface area (Å²) in [6.07, 6.45) is 5.61. The van der Waals surface area contributed by atoms with Crippen LogP contribution in [0.5, 0.6) is 0 Å². The first-order valence-corrected chi connectivity index (χ1v) is 11.2. The smallest absolute Gasteiger partial charge is 0.338 e. The van der Waals surface area contributed by atoms with Crippen LogP contribution in [0.4, 0.5) is 0 Å². The number of fused-ring (bicyclic) bond motifs is 1. The number of thiophene rings is 1. The van der Waals surface area contributed by atoms with Crippen LogP contribution in [-0.4, -0.2) is 17.1 Å². The minimum atomic E-state index is -0.527. The number of benzene rings is 1. The second-order valence-corrected chi connectivity index (χ2v) is 8.60. The number of rotatable bonds is 5. The van der Waals surface area contributed by atoms with E-state index in [-0.39, 0.29) is 12.2 Å². The first kappa shape index (κ1) is 20.3. The molecule has 7 heteroatoms. The Morgan fingerprint density at radius 1 is 1.23 bits per heavy atom. The lowest BCUT2D eigenvalue weighted by atomic mass is 10.0. The maximum atomic E-state index is 13.3. The molecule has 30 heavy (non-hydrogen) atoms. The van der Waals surface area contributed by atoms with Crippen molar-refractivity contribution < 1.29 is 9.53 Å². The van der Waals surface area contributed by atoms with Crippen LogP contribution in [0.15, 0.2) is 75.0 Å². The summed E-state index contributed by atoms with van der Waals surface area (Å²) in [5.41, 5.74) is 1.89. The Labute approximate surface area is 181 Å². The average molecular weight is 437 g/mol. The van der Waals surface area contributed by atoms with E-state index in [9.17, 15) is 9.59 Å². The van der Waals surface area contributed by atoms with Crippen molar-refractivity contribution in [2.45, 2.75) is 19.9 Å². The molecular formula is C23H20N2O3S2. The lowest BCUT2D eigenvalue weighted by Gasteiger charge is -2.23. The van der Waals surface area contributed by atoms with Gasteiger partial charge in [-0.15, -0.1) is 11.3 Å². The Kier molecular flexibility index (Phi) is 5.92. The highest BCUT2D eigenvalue weighted by molar-refractivity contribution is 7.10. The quantitative estimate of drug-likeness (QED) is 0.575. The third kappa shape index (κ3) is 3.86. The van der Waals surface area contributed by atoms with Gasteiger partial charge in [-0.25, -0.2) is 9.79 Å². The van der Waals surface area contributed by atoms with Crippen LogP contribution in [0.25, 0.3) is 12.2 Å². The Balaban J connectivity index is 1.83. The molecular weight excluding hydrogens is 416 g/mol. The number of thiazole rings is 1. The predicted octanol–water partition coefficient (Wildman–Crippen LogP) is 3.52. The number of hydrogen-bond donors (Lipinski definition) is 0. The highest BCUT2D eigenvalue weighted by Gasteiger charge is 2.33. The molecule has 1 aliphatic rings. The molecule has 0 bridgehead atoms. The molecule has 0 radical (unpaired) electrons. The molecule has 3 heterocycles. The average Bonchev–Trinajstić information content (AvgIpc) is 3.37. The number of nitrogens with zero attached hydrogens (tertiary/aromatic N) is 2. The number of aromatic nitrogens is 1. The van der Waals surface area contributed by atoms with E-state index in [0.29, 0.717) is 20.6 Å². The third-order valence-corrected chi connectivity index (χ3v) is 6.59. The number of carbonyl (C=O) groups excluding carboxylic acids is 1. The van der Waals surface area contributed by atoms with Gasteiger partial charge in [-0.05, 0) is 36.9 Å². The molecule has 5 nitrogen and oxygen atoms in total. The zero-order valence-corrected chi connectivity index (χ0v) is 18.2. The summed E-state index contributed by atoms with van der Waals surface area (Å²) in [6, 6.07) is 13.2. The maximum absolute atomic E-state index is 13.3. The van der Waals surface area contributed by atoms with Crippen molar-refractivity contribution in [2.24, 2.45) is 4.99 Å². The van der Waals surface area contributed by atoms with E-state index in [4.69, 9.17) is 4.74 Å². The monoisotopic (exact) mass is 436 g/mol. The summed E-state index contributed by atoms with van der Waals surface area (Å²) in [5, 5.41) is 1.94. The summed E-state index contributed by atoms with van der Waals surface area (Å²) in [4.78, 5) is 32.0. The molecule has 1 aromatic carbocycles. The van der Waals surface area contributed by atoms with E-state index < -0.39 is 12.0 Å². The Hall–Kier alpha value is -3.03. The molecule has 0 fully saturated rings. The van der Waals surface area contributed by atoms with Gasteiger partial charge in [-0.3, -0.25) is 9.36 Å². The van der Waals surface area contributed by atoms with Crippen LogP contribution in [0.1, 0.15) is 30.3 Å². The number of carbonyl (C=O) groups is 1. The van der Waals surface area contributed by atoms with Crippen LogP contribution in [0.2, 0.25) is 0 Å². The van der Waals surface area contributed by atoms with Gasteiger partial charge in [0.2, 0.25) is 0 Å². The molecule has 1 unspecified atom stereocenters. The lowest BCUT2D eigenvalue weighted by Crippen LogP contribution is -2.39. The van der Waals surface area contributed by atoms with E-state index in [1.54, 1.807) is 24.5 Å². The Morgan fingerprint density at radius 3 is 2.73 bits per heavy atom. The molecule has 3 aromatic rings. The van der Waals surface area contributed by atoms with Crippen LogP contribution in [0.3, 0.4) is 0 Å². The van der Waals surface area contributed by atoms with Gasteiger partial charge in [0.25, 0.3) is 5.56 Å². The van der Waals surface area contributed by atoms with Gasteiger partial charge in [0.1, 0.15) is 6.04 Å². The van der Waals surface area contributed by atoms with Crippen LogP contribution >= 0.6 is 22.7 Å². The van der Waals surface area contributed by atoms with E-state index >= 15 is 0 Å². The number of ether oxygens (including phenoxy) is 1. The predicted molar refractivity (Wildman–Crippen MR) is 121 cm³/mol. The zero-order chi connectivity index (χ0) is 21.1. The highest BCUT2D eigenvalue weighted by Crippen LogP contribution is 2.33. The SMILES string of the molecule is CCOC(=O)C1=C(C)N=c2s/c(=C\C=C\c3ccccc3)c(=O)n2C1c1cccs1. The van der Waals surface area contributed by atoms with Crippen LogP contribution < -0.4 is 14.9 Å². The first-order chi connectivity index (χ1) is 14.6. The number of esters is 1. The number of hydrogen-bond acceptors (Lipinski definition) is 6. The van der Waals surface area contributed by atoms with Gasteiger partial charge in [0, 0.05) is 4.88 Å². The van der Waals surface area contributed by atoms with E-state index in [0.717, 1.165) is 10.4 Å². The second-order valence-electron chi connectivity index (χ2n) is 6.61. The Bertz CT molecular complexity index is 1300. The van der Waals surface area contributed by atoms with Crippen molar-refractivity contribution in [2.75, 3.05) is 6.61 Å². The van der Waals surface area contributed by atoms with Crippen molar-refractivity contribution >= 4 is 40.8 Å². The minimum Gasteiger partial charge on any atom is -0.463 e. The summed E-state index contributed by atoms with van der Waals surface area (Å²) in [5.74, 6) is -0.435. The second kappa shape index (κ2) is 8.77. The zero-order valence-electron chi connectivity index (χ0n) is 16.6. The molecule has 2 aromatic heterocycles. The fraction of sp³-hybridized carbons (Fsp3) is 0.174.